The lowest BCUT2D eigenvalue weighted by Crippen LogP contribution is -1.98. The van der Waals surface area contributed by atoms with E-state index in [1.54, 1.807) is 11.8 Å². The van der Waals surface area contributed by atoms with Gasteiger partial charge in [-0.25, -0.2) is 0 Å². The smallest absolute Gasteiger partial charge is 0.129 e. The largest absolute Gasteiger partial charge is 0.497 e. The zero-order chi connectivity index (χ0) is 14.5. The van der Waals surface area contributed by atoms with E-state index in [-0.39, 0.29) is 0 Å². The molecule has 0 aliphatic rings. The zero-order valence-corrected chi connectivity index (χ0v) is 12.5. The summed E-state index contributed by atoms with van der Waals surface area (Å²) in [4.78, 5) is 0. The molecular formula is C16H23N3O. The minimum atomic E-state index is 0.713. The third-order valence-corrected chi connectivity index (χ3v) is 3.54. The Kier molecular flexibility index (Phi) is 4.66. The minimum absolute atomic E-state index is 0.713. The van der Waals surface area contributed by atoms with Crippen LogP contribution < -0.4 is 10.5 Å². The van der Waals surface area contributed by atoms with Gasteiger partial charge in [0.25, 0.3) is 0 Å². The Morgan fingerprint density at radius 1 is 1.30 bits per heavy atom. The van der Waals surface area contributed by atoms with Crippen LogP contribution in [-0.2, 0) is 13.5 Å². The number of benzene rings is 1. The van der Waals surface area contributed by atoms with Crippen molar-refractivity contribution in [3.63, 3.8) is 0 Å². The summed E-state index contributed by atoms with van der Waals surface area (Å²) < 4.78 is 7.05. The van der Waals surface area contributed by atoms with E-state index in [0.717, 1.165) is 35.4 Å². The Bertz CT molecular complexity index is 575. The molecule has 0 bridgehead atoms. The first-order chi connectivity index (χ1) is 9.67. The Morgan fingerprint density at radius 2 is 2.10 bits per heavy atom. The number of nitrogen functional groups attached to an aromatic ring is 1. The second-order valence-corrected chi connectivity index (χ2v) is 5.02. The Hall–Kier alpha value is -1.97. The van der Waals surface area contributed by atoms with E-state index in [2.05, 4.69) is 18.1 Å². The lowest BCUT2D eigenvalue weighted by Gasteiger charge is -2.06. The van der Waals surface area contributed by atoms with Crippen LogP contribution >= 0.6 is 0 Å². The number of aryl methyl sites for hydroxylation is 2. The topological polar surface area (TPSA) is 53.1 Å². The average Bonchev–Trinajstić information content (AvgIpc) is 2.74. The van der Waals surface area contributed by atoms with E-state index in [1.165, 1.54) is 12.8 Å². The van der Waals surface area contributed by atoms with Crippen LogP contribution in [0, 0.1) is 0 Å². The summed E-state index contributed by atoms with van der Waals surface area (Å²) in [5, 5.41) is 4.56. The highest BCUT2D eigenvalue weighted by Gasteiger charge is 2.15. The van der Waals surface area contributed by atoms with Crippen LogP contribution in [0.15, 0.2) is 24.3 Å². The third-order valence-electron chi connectivity index (χ3n) is 3.54. The summed E-state index contributed by atoms with van der Waals surface area (Å²) in [6.07, 6.45) is 4.53. The number of methoxy groups -OCH3 is 1. The second kappa shape index (κ2) is 6.46. The van der Waals surface area contributed by atoms with Crippen molar-refractivity contribution in [2.75, 3.05) is 12.8 Å². The molecule has 1 aromatic heterocycles. The lowest BCUT2D eigenvalue weighted by molar-refractivity contribution is 0.415. The maximum absolute atomic E-state index is 6.19. The van der Waals surface area contributed by atoms with E-state index >= 15 is 0 Å². The van der Waals surface area contributed by atoms with Crippen molar-refractivity contribution >= 4 is 5.82 Å². The molecule has 0 aliphatic heterocycles. The van der Waals surface area contributed by atoms with Crippen LogP contribution in [0.5, 0.6) is 5.75 Å². The number of anilines is 1. The second-order valence-electron chi connectivity index (χ2n) is 5.02. The lowest BCUT2D eigenvalue weighted by atomic mass is 10.0. The van der Waals surface area contributed by atoms with Crippen LogP contribution in [0.4, 0.5) is 5.82 Å². The number of rotatable bonds is 6. The zero-order valence-electron chi connectivity index (χ0n) is 12.5. The van der Waals surface area contributed by atoms with Crippen LogP contribution in [0.2, 0.25) is 0 Å². The molecule has 2 rings (SSSR count). The summed E-state index contributed by atoms with van der Waals surface area (Å²) >= 11 is 0. The predicted molar refractivity (Wildman–Crippen MR) is 82.8 cm³/mol. The number of hydrogen-bond acceptors (Lipinski definition) is 3. The van der Waals surface area contributed by atoms with Crippen molar-refractivity contribution in [3.05, 3.63) is 30.0 Å². The molecular weight excluding hydrogens is 250 g/mol. The van der Waals surface area contributed by atoms with Gasteiger partial charge in [0.1, 0.15) is 11.6 Å². The first kappa shape index (κ1) is 14.4. The number of aromatic nitrogens is 2. The molecule has 0 unspecified atom stereocenters. The normalized spacial score (nSPS) is 10.8. The molecule has 0 saturated carbocycles. The fourth-order valence-electron chi connectivity index (χ4n) is 2.41. The van der Waals surface area contributed by atoms with Crippen molar-refractivity contribution in [2.45, 2.75) is 32.6 Å². The maximum Gasteiger partial charge on any atom is 0.129 e. The molecule has 2 aromatic rings. The van der Waals surface area contributed by atoms with Gasteiger partial charge in [0.05, 0.1) is 12.8 Å². The summed E-state index contributed by atoms with van der Waals surface area (Å²) in [5.74, 6) is 1.55. The van der Waals surface area contributed by atoms with Gasteiger partial charge < -0.3 is 10.5 Å². The summed E-state index contributed by atoms with van der Waals surface area (Å²) in [6, 6.07) is 7.99. The number of nitrogens with two attached hydrogens (primary N) is 1. The van der Waals surface area contributed by atoms with Gasteiger partial charge in [-0.15, -0.1) is 0 Å². The number of unbranched alkanes of at least 4 members (excludes halogenated alkanes) is 2. The molecule has 108 valence electrons. The molecule has 1 aromatic carbocycles. The highest BCUT2D eigenvalue weighted by molar-refractivity contribution is 5.77. The summed E-state index contributed by atoms with van der Waals surface area (Å²) in [5.41, 5.74) is 9.38. The molecule has 0 amide bonds. The van der Waals surface area contributed by atoms with Gasteiger partial charge >= 0.3 is 0 Å². The average molecular weight is 273 g/mol. The molecule has 0 spiro atoms. The van der Waals surface area contributed by atoms with Crippen LogP contribution in [0.25, 0.3) is 11.1 Å². The molecule has 0 atom stereocenters. The van der Waals surface area contributed by atoms with Crippen LogP contribution in [0.1, 0.15) is 31.9 Å². The number of ether oxygens (including phenoxy) is 1. The van der Waals surface area contributed by atoms with Crippen molar-refractivity contribution in [2.24, 2.45) is 7.05 Å². The number of hydrogen-bond donors (Lipinski definition) is 1. The van der Waals surface area contributed by atoms with Crippen molar-refractivity contribution in [3.8, 4) is 16.9 Å². The molecule has 4 nitrogen and oxygen atoms in total. The fourth-order valence-corrected chi connectivity index (χ4v) is 2.41. The van der Waals surface area contributed by atoms with Gasteiger partial charge in [-0.2, -0.15) is 5.10 Å². The highest BCUT2D eigenvalue weighted by Crippen LogP contribution is 2.32. The molecule has 0 radical (unpaired) electrons. The standard InChI is InChI=1S/C16H23N3O/c1-4-5-6-10-14-15(16(17)19(2)18-14)12-8-7-9-13(11-12)20-3/h7-9,11H,4-6,10,17H2,1-3H3. The maximum atomic E-state index is 6.19. The third kappa shape index (κ3) is 2.95. The first-order valence-corrected chi connectivity index (χ1v) is 7.13. The Balaban J connectivity index is 2.37. The Labute approximate surface area is 120 Å². The quantitative estimate of drug-likeness (QED) is 0.821. The Morgan fingerprint density at radius 3 is 2.80 bits per heavy atom. The van der Waals surface area contributed by atoms with E-state index in [1.807, 2.05) is 25.2 Å². The molecule has 0 aliphatic carbocycles. The molecule has 0 fully saturated rings. The summed E-state index contributed by atoms with van der Waals surface area (Å²) in [6.45, 7) is 2.20. The van der Waals surface area contributed by atoms with Crippen LogP contribution in [-0.4, -0.2) is 16.9 Å². The molecule has 2 N–H and O–H groups in total. The highest BCUT2D eigenvalue weighted by atomic mass is 16.5. The van der Waals surface area contributed by atoms with Crippen molar-refractivity contribution in [1.29, 1.82) is 0 Å². The van der Waals surface area contributed by atoms with Crippen molar-refractivity contribution in [1.82, 2.24) is 9.78 Å². The fraction of sp³-hybridized carbons (Fsp3) is 0.438. The van der Waals surface area contributed by atoms with Crippen LogP contribution in [0.3, 0.4) is 0 Å². The van der Waals surface area contributed by atoms with E-state index < -0.39 is 0 Å². The van der Waals surface area contributed by atoms with E-state index in [4.69, 9.17) is 10.5 Å². The molecule has 1 heterocycles. The van der Waals surface area contributed by atoms with Gasteiger partial charge in [-0.3, -0.25) is 4.68 Å². The summed E-state index contributed by atoms with van der Waals surface area (Å²) in [7, 11) is 3.57. The predicted octanol–water partition coefficient (Wildman–Crippen LogP) is 3.41. The van der Waals surface area contributed by atoms with Gasteiger partial charge in [0, 0.05) is 12.6 Å². The number of nitrogens with zero attached hydrogens (tertiary/aromatic N) is 2. The monoisotopic (exact) mass is 273 g/mol. The molecule has 0 saturated heterocycles. The van der Waals surface area contributed by atoms with Gasteiger partial charge in [-0.05, 0) is 30.5 Å². The molecule has 20 heavy (non-hydrogen) atoms. The van der Waals surface area contributed by atoms with Crippen molar-refractivity contribution < 1.29 is 4.74 Å². The van der Waals surface area contributed by atoms with Gasteiger partial charge in [-0.1, -0.05) is 31.9 Å². The van der Waals surface area contributed by atoms with E-state index in [9.17, 15) is 0 Å². The van der Waals surface area contributed by atoms with Gasteiger partial charge in [0.2, 0.25) is 0 Å². The van der Waals surface area contributed by atoms with E-state index in [0.29, 0.717) is 5.82 Å². The van der Waals surface area contributed by atoms with Gasteiger partial charge in [0.15, 0.2) is 0 Å². The minimum Gasteiger partial charge on any atom is -0.497 e. The molecule has 4 heteroatoms. The first-order valence-electron chi connectivity index (χ1n) is 7.13. The SMILES string of the molecule is CCCCCc1nn(C)c(N)c1-c1cccc(OC)c1.